The van der Waals surface area contributed by atoms with Gasteiger partial charge in [-0.3, -0.25) is 10.1 Å². The number of hydrogen-bond donors (Lipinski definition) is 3. The minimum atomic E-state index is -0.773. The van der Waals surface area contributed by atoms with Crippen LogP contribution in [0.25, 0.3) is 22.4 Å². The van der Waals surface area contributed by atoms with Gasteiger partial charge in [0, 0.05) is 41.0 Å². The van der Waals surface area contributed by atoms with Crippen molar-refractivity contribution in [2.75, 3.05) is 10.6 Å². The van der Waals surface area contributed by atoms with E-state index in [9.17, 15) is 13.6 Å². The lowest BCUT2D eigenvalue weighted by Gasteiger charge is -2.10. The van der Waals surface area contributed by atoms with Crippen LogP contribution in [0, 0.1) is 11.6 Å². The van der Waals surface area contributed by atoms with Gasteiger partial charge in [0.25, 0.3) is 0 Å². The second-order valence-electron chi connectivity index (χ2n) is 6.21. The number of nitrogens with one attached hydrogen (secondary N) is 3. The molecule has 0 aliphatic carbocycles. The Bertz CT molecular complexity index is 1140. The zero-order chi connectivity index (χ0) is 20.2. The molecular weight excluding hydrogens is 376 g/mol. The van der Waals surface area contributed by atoms with Crippen LogP contribution in [-0.4, -0.2) is 21.2 Å². The topological polar surface area (TPSA) is 82.7 Å². The molecule has 0 fully saturated rings. The summed E-state index contributed by atoms with van der Waals surface area (Å²) >= 11 is 0. The van der Waals surface area contributed by atoms with Crippen molar-refractivity contribution in [1.29, 1.82) is 0 Å². The Kier molecular flexibility index (Phi) is 4.98. The van der Waals surface area contributed by atoms with Crippen molar-refractivity contribution in [2.24, 2.45) is 0 Å². The summed E-state index contributed by atoms with van der Waals surface area (Å²) in [7, 11) is 0. The summed E-state index contributed by atoms with van der Waals surface area (Å²) in [6.07, 6.45) is 5.11. The molecule has 144 valence electrons. The first-order valence-electron chi connectivity index (χ1n) is 8.67. The summed E-state index contributed by atoms with van der Waals surface area (Å²) in [5.74, 6) is -1.55. The highest BCUT2D eigenvalue weighted by atomic mass is 19.1. The van der Waals surface area contributed by atoms with Crippen LogP contribution in [0.15, 0.2) is 73.2 Å². The monoisotopic (exact) mass is 391 g/mol. The lowest BCUT2D eigenvalue weighted by Crippen LogP contribution is -2.19. The molecule has 0 radical (unpaired) electrons. The van der Waals surface area contributed by atoms with Crippen molar-refractivity contribution in [3.8, 4) is 22.4 Å². The maximum Gasteiger partial charge on any atom is 0.323 e. The molecule has 0 aliphatic rings. The average molecular weight is 391 g/mol. The third kappa shape index (κ3) is 4.27. The number of carbonyl (C=O) groups excluding carboxylic acids is 1. The number of aromatic amines is 1. The first kappa shape index (κ1) is 18.3. The molecular formula is C21H15F2N5O. The highest BCUT2D eigenvalue weighted by molar-refractivity contribution is 6.00. The van der Waals surface area contributed by atoms with Gasteiger partial charge in [0.15, 0.2) is 0 Å². The van der Waals surface area contributed by atoms with Gasteiger partial charge in [0.2, 0.25) is 0 Å². The normalized spacial score (nSPS) is 10.6. The van der Waals surface area contributed by atoms with Crippen LogP contribution in [0.2, 0.25) is 0 Å². The summed E-state index contributed by atoms with van der Waals surface area (Å²) in [5.41, 5.74) is 3.96. The van der Waals surface area contributed by atoms with Gasteiger partial charge in [-0.1, -0.05) is 12.1 Å². The number of rotatable bonds is 4. The maximum atomic E-state index is 13.3. The zero-order valence-corrected chi connectivity index (χ0v) is 15.0. The van der Waals surface area contributed by atoms with Gasteiger partial charge in [-0.2, -0.15) is 5.10 Å². The molecule has 0 unspecified atom stereocenters. The van der Waals surface area contributed by atoms with Crippen molar-refractivity contribution < 1.29 is 13.6 Å². The molecule has 0 saturated carbocycles. The standard InChI is InChI=1S/C21H15F2N5O/c22-15-9-16(23)11-18(10-15)27-21(29)26-17-3-1-2-14(8-17)20-19(12-25-28-20)13-4-6-24-7-5-13/h1-12H,(H,25,28)(H2,26,27,29). The zero-order valence-electron chi connectivity index (χ0n) is 15.0. The van der Waals surface area contributed by atoms with E-state index in [4.69, 9.17) is 0 Å². The number of anilines is 2. The number of aromatic nitrogens is 3. The number of amides is 2. The summed E-state index contributed by atoms with van der Waals surface area (Å²) in [6, 6.07) is 13.1. The van der Waals surface area contributed by atoms with E-state index in [0.29, 0.717) is 5.69 Å². The highest BCUT2D eigenvalue weighted by Crippen LogP contribution is 2.31. The number of benzene rings is 2. The van der Waals surface area contributed by atoms with Gasteiger partial charge in [0.05, 0.1) is 11.9 Å². The molecule has 3 N–H and O–H groups in total. The van der Waals surface area contributed by atoms with Gasteiger partial charge >= 0.3 is 6.03 Å². The minimum absolute atomic E-state index is 0.0182. The van der Waals surface area contributed by atoms with E-state index in [1.165, 1.54) is 0 Å². The summed E-state index contributed by atoms with van der Waals surface area (Å²) in [5, 5.41) is 12.2. The highest BCUT2D eigenvalue weighted by Gasteiger charge is 2.11. The first-order valence-corrected chi connectivity index (χ1v) is 8.67. The lowest BCUT2D eigenvalue weighted by molar-refractivity contribution is 0.262. The van der Waals surface area contributed by atoms with Gasteiger partial charge in [-0.15, -0.1) is 0 Å². The van der Waals surface area contributed by atoms with Gasteiger partial charge in [-0.25, -0.2) is 13.6 Å². The van der Waals surface area contributed by atoms with Gasteiger partial charge in [-0.05, 0) is 42.0 Å². The fraction of sp³-hybridized carbons (Fsp3) is 0. The Hall–Kier alpha value is -4.07. The van der Waals surface area contributed by atoms with E-state index in [1.807, 2.05) is 18.2 Å². The minimum Gasteiger partial charge on any atom is -0.308 e. The molecule has 0 bridgehead atoms. The fourth-order valence-corrected chi connectivity index (χ4v) is 2.93. The first-order chi connectivity index (χ1) is 14.1. The third-order valence-corrected chi connectivity index (χ3v) is 4.16. The van der Waals surface area contributed by atoms with Crippen LogP contribution < -0.4 is 10.6 Å². The number of H-pyrrole nitrogens is 1. The predicted molar refractivity (Wildman–Crippen MR) is 106 cm³/mol. The van der Waals surface area contributed by atoms with Crippen LogP contribution in [-0.2, 0) is 0 Å². The third-order valence-electron chi connectivity index (χ3n) is 4.16. The molecule has 2 heterocycles. The lowest BCUT2D eigenvalue weighted by atomic mass is 10.0. The largest absolute Gasteiger partial charge is 0.323 e. The van der Waals surface area contributed by atoms with Crippen LogP contribution in [0.5, 0.6) is 0 Å². The number of hydrogen-bond acceptors (Lipinski definition) is 3. The van der Waals surface area contributed by atoms with E-state index in [0.717, 1.165) is 40.6 Å². The second-order valence-corrected chi connectivity index (χ2v) is 6.21. The van der Waals surface area contributed by atoms with Crippen LogP contribution >= 0.6 is 0 Å². The molecule has 2 aromatic heterocycles. The van der Waals surface area contributed by atoms with E-state index < -0.39 is 17.7 Å². The molecule has 0 aliphatic heterocycles. The van der Waals surface area contributed by atoms with Crippen molar-refractivity contribution in [3.63, 3.8) is 0 Å². The van der Waals surface area contributed by atoms with E-state index in [1.54, 1.807) is 36.8 Å². The number of halogens is 2. The average Bonchev–Trinajstić information content (AvgIpc) is 3.18. The Labute approximate surface area is 164 Å². The van der Waals surface area contributed by atoms with Gasteiger partial charge < -0.3 is 10.6 Å². The van der Waals surface area contributed by atoms with E-state index in [2.05, 4.69) is 25.8 Å². The predicted octanol–water partition coefficient (Wildman–Crippen LogP) is 5.06. The molecule has 0 spiro atoms. The molecule has 29 heavy (non-hydrogen) atoms. The smallest absolute Gasteiger partial charge is 0.308 e. The van der Waals surface area contributed by atoms with Crippen LogP contribution in [0.1, 0.15) is 0 Å². The number of carbonyl (C=O) groups is 1. The summed E-state index contributed by atoms with van der Waals surface area (Å²) in [4.78, 5) is 16.2. The molecule has 4 rings (SSSR count). The SMILES string of the molecule is O=C(Nc1cc(F)cc(F)c1)Nc1cccc(-c2[nH]ncc2-c2ccncc2)c1. The Morgan fingerprint density at radius 1 is 0.862 bits per heavy atom. The van der Waals surface area contributed by atoms with Crippen molar-refractivity contribution in [1.82, 2.24) is 15.2 Å². The number of nitrogens with zero attached hydrogens (tertiary/aromatic N) is 2. The van der Waals surface area contributed by atoms with Gasteiger partial charge in [0.1, 0.15) is 11.6 Å². The van der Waals surface area contributed by atoms with E-state index in [-0.39, 0.29) is 5.69 Å². The summed E-state index contributed by atoms with van der Waals surface area (Å²) in [6.45, 7) is 0. The molecule has 8 heteroatoms. The fourth-order valence-electron chi connectivity index (χ4n) is 2.93. The molecule has 4 aromatic rings. The molecule has 2 amide bonds. The summed E-state index contributed by atoms with van der Waals surface area (Å²) < 4.78 is 26.5. The number of pyridine rings is 1. The van der Waals surface area contributed by atoms with Crippen LogP contribution in [0.4, 0.5) is 25.0 Å². The molecule has 0 atom stereocenters. The van der Waals surface area contributed by atoms with E-state index >= 15 is 0 Å². The number of urea groups is 1. The molecule has 0 saturated heterocycles. The second kappa shape index (κ2) is 7.89. The quantitative estimate of drug-likeness (QED) is 0.455. The van der Waals surface area contributed by atoms with Crippen molar-refractivity contribution >= 4 is 17.4 Å². The Morgan fingerprint density at radius 3 is 2.34 bits per heavy atom. The molecule has 2 aromatic carbocycles. The maximum absolute atomic E-state index is 13.3. The Balaban J connectivity index is 1.54. The van der Waals surface area contributed by atoms with Crippen molar-refractivity contribution in [3.05, 3.63) is 84.8 Å². The Morgan fingerprint density at radius 2 is 1.59 bits per heavy atom. The van der Waals surface area contributed by atoms with Crippen molar-refractivity contribution in [2.45, 2.75) is 0 Å². The molecule has 6 nitrogen and oxygen atoms in total. The van der Waals surface area contributed by atoms with Crippen LogP contribution in [0.3, 0.4) is 0 Å².